The van der Waals surface area contributed by atoms with Gasteiger partial charge in [0.05, 0.1) is 20.2 Å². The van der Waals surface area contributed by atoms with Crippen LogP contribution in [-0.4, -0.2) is 13.4 Å². The third-order valence-corrected chi connectivity index (χ3v) is 5.45. The van der Waals surface area contributed by atoms with Crippen LogP contribution in [0.5, 0.6) is 0 Å². The van der Waals surface area contributed by atoms with E-state index in [1.807, 2.05) is 0 Å². The van der Waals surface area contributed by atoms with Gasteiger partial charge in [0.15, 0.2) is 0 Å². The van der Waals surface area contributed by atoms with E-state index in [1.54, 1.807) is 18.2 Å². The van der Waals surface area contributed by atoms with Crippen LogP contribution in [0.3, 0.4) is 0 Å². The number of nitrogens with zero attached hydrogens (tertiary/aromatic N) is 1. The number of hydrogen-bond donors (Lipinski definition) is 1. The lowest BCUT2D eigenvalue weighted by atomic mass is 10.3. The van der Waals surface area contributed by atoms with Gasteiger partial charge in [0.2, 0.25) is 0 Å². The molecule has 19 heavy (non-hydrogen) atoms. The highest BCUT2D eigenvalue weighted by molar-refractivity contribution is 9.10. The van der Waals surface area contributed by atoms with Gasteiger partial charge < -0.3 is 0 Å². The highest BCUT2D eigenvalue weighted by Crippen LogP contribution is 2.32. The second-order valence-corrected chi connectivity index (χ2v) is 6.77. The molecule has 8 heteroatoms. The highest BCUT2D eigenvalue weighted by atomic mass is 79.9. The lowest BCUT2D eigenvalue weighted by Gasteiger charge is -2.11. The number of rotatable bonds is 3. The van der Waals surface area contributed by atoms with Crippen LogP contribution in [0.4, 0.5) is 5.69 Å². The largest absolute Gasteiger partial charge is 0.278 e. The molecular weight excluding hydrogens is 375 g/mol. The van der Waals surface area contributed by atoms with E-state index in [2.05, 4.69) is 25.6 Å². The molecule has 2 rings (SSSR count). The first-order chi connectivity index (χ1) is 8.92. The first-order valence-corrected chi connectivity index (χ1v) is 8.01. The summed E-state index contributed by atoms with van der Waals surface area (Å²) in [5.41, 5.74) is 0.326. The summed E-state index contributed by atoms with van der Waals surface area (Å²) in [5.74, 6) is 0. The Balaban J connectivity index is 2.43. The molecule has 100 valence electrons. The van der Waals surface area contributed by atoms with Crippen molar-refractivity contribution in [1.82, 2.24) is 4.98 Å². The summed E-state index contributed by atoms with van der Waals surface area (Å²) in [4.78, 5) is 3.66. The number of halogens is 3. The predicted octanol–water partition coefficient (Wildman–Crippen LogP) is 3.95. The van der Waals surface area contributed by atoms with Crippen LogP contribution in [-0.2, 0) is 10.0 Å². The summed E-state index contributed by atoms with van der Waals surface area (Å²) < 4.78 is 27.2. The molecule has 0 radical (unpaired) electrons. The average molecular weight is 382 g/mol. The van der Waals surface area contributed by atoms with E-state index in [0.717, 1.165) is 0 Å². The van der Waals surface area contributed by atoms with Crippen molar-refractivity contribution in [3.63, 3.8) is 0 Å². The Bertz CT molecular complexity index is 722. The Morgan fingerprint density at radius 2 is 1.89 bits per heavy atom. The minimum atomic E-state index is -3.82. The Kier molecular flexibility index (Phi) is 4.35. The first kappa shape index (κ1) is 14.6. The molecule has 0 saturated heterocycles. The van der Waals surface area contributed by atoms with Crippen molar-refractivity contribution in [1.29, 1.82) is 0 Å². The Morgan fingerprint density at radius 1 is 1.16 bits per heavy atom. The van der Waals surface area contributed by atoms with E-state index in [4.69, 9.17) is 23.2 Å². The Morgan fingerprint density at radius 3 is 2.58 bits per heavy atom. The van der Waals surface area contributed by atoms with Crippen LogP contribution < -0.4 is 4.72 Å². The van der Waals surface area contributed by atoms with Crippen LogP contribution in [0.25, 0.3) is 0 Å². The van der Waals surface area contributed by atoms with Crippen LogP contribution in [0, 0.1) is 0 Å². The number of aromatic nitrogens is 1. The maximum atomic E-state index is 12.2. The van der Waals surface area contributed by atoms with Gasteiger partial charge in [-0.2, -0.15) is 0 Å². The molecule has 0 unspecified atom stereocenters. The number of hydrogen-bond acceptors (Lipinski definition) is 3. The summed E-state index contributed by atoms with van der Waals surface area (Å²) in [6.45, 7) is 0. The summed E-state index contributed by atoms with van der Waals surface area (Å²) in [5, 5.41) is 0.498. The molecule has 0 aliphatic carbocycles. The number of benzene rings is 1. The highest BCUT2D eigenvalue weighted by Gasteiger charge is 2.19. The zero-order valence-electron chi connectivity index (χ0n) is 9.27. The van der Waals surface area contributed by atoms with Crippen LogP contribution in [0.15, 0.2) is 46.0 Å². The lowest BCUT2D eigenvalue weighted by molar-refractivity contribution is 0.601. The van der Waals surface area contributed by atoms with E-state index < -0.39 is 10.0 Å². The molecule has 1 aromatic heterocycles. The van der Waals surface area contributed by atoms with Crippen molar-refractivity contribution in [2.24, 2.45) is 0 Å². The zero-order valence-corrected chi connectivity index (χ0v) is 13.2. The van der Waals surface area contributed by atoms with Gasteiger partial charge in [-0.1, -0.05) is 29.3 Å². The lowest BCUT2D eigenvalue weighted by Crippen LogP contribution is -2.14. The smallest absolute Gasteiger partial charge is 0.264 e. The molecule has 4 nitrogen and oxygen atoms in total. The quantitative estimate of drug-likeness (QED) is 0.875. The molecule has 0 bridgehead atoms. The first-order valence-electron chi connectivity index (χ1n) is 4.98. The molecule has 0 aliphatic heterocycles. The molecule has 1 aromatic carbocycles. The molecule has 0 saturated carbocycles. The van der Waals surface area contributed by atoms with Gasteiger partial charge in [-0.15, -0.1) is 0 Å². The van der Waals surface area contributed by atoms with Crippen LogP contribution in [0.1, 0.15) is 0 Å². The maximum absolute atomic E-state index is 12.2. The zero-order chi connectivity index (χ0) is 14.0. The Labute approximate surface area is 128 Å². The minimum Gasteiger partial charge on any atom is -0.278 e. The third kappa shape index (κ3) is 3.20. The fourth-order valence-corrected chi connectivity index (χ4v) is 3.52. The monoisotopic (exact) mass is 380 g/mol. The molecule has 0 aliphatic rings. The minimum absolute atomic E-state index is 0.0939. The van der Waals surface area contributed by atoms with Gasteiger partial charge in [0.25, 0.3) is 10.0 Å². The molecule has 0 amide bonds. The second kappa shape index (κ2) is 5.66. The van der Waals surface area contributed by atoms with Gasteiger partial charge in [0, 0.05) is 12.4 Å². The van der Waals surface area contributed by atoms with Crippen molar-refractivity contribution >= 4 is 54.8 Å². The van der Waals surface area contributed by atoms with E-state index in [1.165, 1.54) is 18.5 Å². The van der Waals surface area contributed by atoms with Gasteiger partial charge in [0.1, 0.15) is 4.90 Å². The number of sulfonamides is 1. The van der Waals surface area contributed by atoms with Gasteiger partial charge in [-0.25, -0.2) is 8.42 Å². The summed E-state index contributed by atoms with van der Waals surface area (Å²) in [7, 11) is -3.82. The van der Waals surface area contributed by atoms with Crippen molar-refractivity contribution < 1.29 is 8.42 Å². The number of pyridine rings is 1. The van der Waals surface area contributed by atoms with E-state index >= 15 is 0 Å². The normalized spacial score (nSPS) is 11.3. The molecule has 1 heterocycles. The molecule has 0 spiro atoms. The van der Waals surface area contributed by atoms with Gasteiger partial charge in [-0.05, 0) is 34.1 Å². The number of anilines is 1. The molecule has 0 atom stereocenters. The van der Waals surface area contributed by atoms with Crippen molar-refractivity contribution in [2.75, 3.05) is 4.72 Å². The molecule has 1 N–H and O–H groups in total. The molecule has 0 fully saturated rings. The van der Waals surface area contributed by atoms with Crippen molar-refractivity contribution in [3.05, 3.63) is 51.2 Å². The number of nitrogens with one attached hydrogen (secondary N) is 1. The fourth-order valence-electron chi connectivity index (χ4n) is 1.34. The molecular formula is C11H7BrCl2N2O2S. The summed E-state index contributed by atoms with van der Waals surface area (Å²) in [6.07, 6.45) is 2.60. The van der Waals surface area contributed by atoms with Gasteiger partial charge in [-0.3, -0.25) is 9.71 Å². The van der Waals surface area contributed by atoms with E-state index in [0.29, 0.717) is 15.2 Å². The molecule has 2 aromatic rings. The Hall–Kier alpha value is -0.820. The van der Waals surface area contributed by atoms with Crippen molar-refractivity contribution in [3.8, 4) is 0 Å². The standard InChI is InChI=1S/C11H7BrCl2N2O2S/c12-11-8(14)2-1-3-9(11)16-19(17,18)10-6-15-5-4-7(10)13/h1-6,16H. The second-order valence-electron chi connectivity index (χ2n) is 3.51. The SMILES string of the molecule is O=S(=O)(Nc1cccc(Cl)c1Br)c1cnccc1Cl. The topological polar surface area (TPSA) is 59.1 Å². The van der Waals surface area contributed by atoms with Gasteiger partial charge >= 0.3 is 0 Å². The van der Waals surface area contributed by atoms with E-state index in [9.17, 15) is 8.42 Å². The fraction of sp³-hybridized carbons (Fsp3) is 0. The van der Waals surface area contributed by atoms with Crippen molar-refractivity contribution in [2.45, 2.75) is 4.90 Å². The van der Waals surface area contributed by atoms with Crippen LogP contribution in [0.2, 0.25) is 10.0 Å². The predicted molar refractivity (Wildman–Crippen MR) is 79.2 cm³/mol. The van der Waals surface area contributed by atoms with E-state index in [-0.39, 0.29) is 9.92 Å². The maximum Gasteiger partial charge on any atom is 0.264 e. The summed E-state index contributed by atoms with van der Waals surface area (Å²) in [6, 6.07) is 6.26. The third-order valence-electron chi connectivity index (χ3n) is 2.22. The van der Waals surface area contributed by atoms with Crippen LogP contribution >= 0.6 is 39.1 Å². The average Bonchev–Trinajstić information content (AvgIpc) is 2.35. The summed E-state index contributed by atoms with van der Waals surface area (Å²) >= 11 is 15.0.